The summed E-state index contributed by atoms with van der Waals surface area (Å²) >= 11 is 0. The van der Waals surface area contributed by atoms with E-state index in [1.165, 1.54) is 4.90 Å². The Morgan fingerprint density at radius 2 is 1.65 bits per heavy atom. The van der Waals surface area contributed by atoms with Gasteiger partial charge in [-0.15, -0.1) is 0 Å². The van der Waals surface area contributed by atoms with Crippen molar-refractivity contribution in [3.05, 3.63) is 0 Å². The first-order valence-corrected chi connectivity index (χ1v) is 6.74. The summed E-state index contributed by atoms with van der Waals surface area (Å²) in [5, 5.41) is 0. The van der Waals surface area contributed by atoms with Gasteiger partial charge in [0.25, 0.3) is 0 Å². The highest BCUT2D eigenvalue weighted by Crippen LogP contribution is 2.38. The predicted molar refractivity (Wildman–Crippen MR) is 61.1 cm³/mol. The lowest BCUT2D eigenvalue weighted by Crippen LogP contribution is -2.37. The van der Waals surface area contributed by atoms with E-state index in [0.29, 0.717) is 6.54 Å². The van der Waals surface area contributed by atoms with Crippen molar-refractivity contribution in [3.63, 3.8) is 0 Å². The second-order valence-electron chi connectivity index (χ2n) is 5.42. The number of likely N-dealkylation sites (tertiary alicyclic amines) is 1. The quantitative estimate of drug-likeness (QED) is 0.681. The minimum absolute atomic E-state index is 0.0161. The number of imide groups is 1. The summed E-state index contributed by atoms with van der Waals surface area (Å²) in [5.74, 6) is 0.0979. The van der Waals surface area contributed by atoms with Crippen LogP contribution in [0.15, 0.2) is 0 Å². The average Bonchev–Trinajstić information content (AvgIpc) is 2.94. The fraction of sp³-hybridized carbons (Fsp3) is 0.846. The van der Waals surface area contributed by atoms with E-state index in [9.17, 15) is 9.59 Å². The Hall–Kier alpha value is -0.900. The molecule has 1 aliphatic carbocycles. The third-order valence-electron chi connectivity index (χ3n) is 4.34. The number of hydrogen-bond acceptors (Lipinski definition) is 3. The van der Waals surface area contributed by atoms with Gasteiger partial charge in [0.1, 0.15) is 0 Å². The Morgan fingerprint density at radius 3 is 2.18 bits per heavy atom. The molecule has 0 radical (unpaired) electrons. The van der Waals surface area contributed by atoms with Crippen LogP contribution < -0.4 is 0 Å². The zero-order valence-corrected chi connectivity index (χ0v) is 10.1. The molecule has 0 aromatic heterocycles. The van der Waals surface area contributed by atoms with Crippen LogP contribution in [0.2, 0.25) is 0 Å². The van der Waals surface area contributed by atoms with Gasteiger partial charge in [0.2, 0.25) is 11.8 Å². The molecule has 0 N–H and O–H groups in total. The van der Waals surface area contributed by atoms with Crippen molar-refractivity contribution in [2.24, 2.45) is 11.8 Å². The first-order valence-electron chi connectivity index (χ1n) is 6.74. The van der Waals surface area contributed by atoms with Crippen LogP contribution in [0.5, 0.6) is 0 Å². The van der Waals surface area contributed by atoms with Gasteiger partial charge in [0.15, 0.2) is 0 Å². The molecule has 4 heteroatoms. The summed E-state index contributed by atoms with van der Waals surface area (Å²) in [7, 11) is 0. The van der Waals surface area contributed by atoms with Crippen LogP contribution in [0.25, 0.3) is 0 Å². The first kappa shape index (κ1) is 11.2. The minimum Gasteiger partial charge on any atom is -0.376 e. The van der Waals surface area contributed by atoms with Gasteiger partial charge in [-0.2, -0.15) is 0 Å². The molecule has 0 unspecified atom stereocenters. The van der Waals surface area contributed by atoms with Crippen LogP contribution in [0.3, 0.4) is 0 Å². The zero-order valence-electron chi connectivity index (χ0n) is 10.1. The number of nitrogens with zero attached hydrogens (tertiary/aromatic N) is 1. The van der Waals surface area contributed by atoms with E-state index in [2.05, 4.69) is 0 Å². The van der Waals surface area contributed by atoms with E-state index in [1.807, 2.05) is 0 Å². The highest BCUT2D eigenvalue weighted by Gasteiger charge is 2.48. The lowest BCUT2D eigenvalue weighted by atomic mass is 9.81. The molecule has 3 atom stereocenters. The Bertz CT molecular complexity index is 312. The third-order valence-corrected chi connectivity index (χ3v) is 4.34. The van der Waals surface area contributed by atoms with Crippen LogP contribution in [-0.4, -0.2) is 36.0 Å². The van der Waals surface area contributed by atoms with E-state index < -0.39 is 0 Å². The number of amides is 2. The molecule has 3 rings (SSSR count). The second-order valence-corrected chi connectivity index (χ2v) is 5.42. The minimum atomic E-state index is -0.0161. The van der Waals surface area contributed by atoms with Crippen molar-refractivity contribution in [1.82, 2.24) is 4.90 Å². The number of hydrogen-bond donors (Lipinski definition) is 0. The van der Waals surface area contributed by atoms with E-state index in [1.54, 1.807) is 0 Å². The molecule has 4 nitrogen and oxygen atoms in total. The number of fused-ring (bicyclic) bond motifs is 1. The van der Waals surface area contributed by atoms with E-state index in [-0.39, 0.29) is 29.8 Å². The van der Waals surface area contributed by atoms with Gasteiger partial charge in [-0.3, -0.25) is 14.5 Å². The summed E-state index contributed by atoms with van der Waals surface area (Å²) in [4.78, 5) is 25.9. The molecule has 1 saturated carbocycles. The molecule has 0 aromatic carbocycles. The molecule has 0 aromatic rings. The SMILES string of the molecule is O=C1[C@@H]2CCCC[C@H]2C(=O)N1C[C@H]1CCCO1. The van der Waals surface area contributed by atoms with Crippen molar-refractivity contribution in [2.45, 2.75) is 44.6 Å². The standard InChI is InChI=1S/C13H19NO3/c15-12-10-5-1-2-6-11(10)13(16)14(12)8-9-4-3-7-17-9/h9-11H,1-8H2/t9-,10-,11-/m1/s1. The van der Waals surface area contributed by atoms with Crippen molar-refractivity contribution < 1.29 is 14.3 Å². The number of rotatable bonds is 2. The average molecular weight is 237 g/mol. The summed E-state index contributed by atoms with van der Waals surface area (Å²) in [6, 6.07) is 0. The molecular weight excluding hydrogens is 218 g/mol. The Kier molecular flexibility index (Phi) is 2.90. The fourth-order valence-corrected chi connectivity index (χ4v) is 3.40. The van der Waals surface area contributed by atoms with Crippen LogP contribution in [-0.2, 0) is 14.3 Å². The number of carbonyl (C=O) groups is 2. The maximum Gasteiger partial charge on any atom is 0.233 e. The maximum atomic E-state index is 12.2. The Morgan fingerprint density at radius 1 is 1.00 bits per heavy atom. The van der Waals surface area contributed by atoms with Crippen LogP contribution in [0.4, 0.5) is 0 Å². The van der Waals surface area contributed by atoms with Gasteiger partial charge in [0, 0.05) is 6.61 Å². The van der Waals surface area contributed by atoms with Crippen molar-refractivity contribution in [1.29, 1.82) is 0 Å². The maximum absolute atomic E-state index is 12.2. The fourth-order valence-electron chi connectivity index (χ4n) is 3.40. The third kappa shape index (κ3) is 1.88. The Labute approximate surface area is 101 Å². The van der Waals surface area contributed by atoms with Gasteiger partial charge >= 0.3 is 0 Å². The van der Waals surface area contributed by atoms with Crippen molar-refractivity contribution >= 4 is 11.8 Å². The molecule has 2 saturated heterocycles. The van der Waals surface area contributed by atoms with Crippen LogP contribution in [0, 0.1) is 11.8 Å². The molecule has 3 fully saturated rings. The molecular formula is C13H19NO3. The molecule has 3 aliphatic rings. The first-order chi connectivity index (χ1) is 8.27. The topological polar surface area (TPSA) is 46.6 Å². The number of ether oxygens (including phenoxy) is 1. The van der Waals surface area contributed by atoms with E-state index in [4.69, 9.17) is 4.74 Å². The molecule has 17 heavy (non-hydrogen) atoms. The van der Waals surface area contributed by atoms with E-state index in [0.717, 1.165) is 45.1 Å². The van der Waals surface area contributed by atoms with Gasteiger partial charge in [-0.05, 0) is 25.7 Å². The normalized spacial score (nSPS) is 37.6. The summed E-state index contributed by atoms with van der Waals surface area (Å²) < 4.78 is 5.52. The predicted octanol–water partition coefficient (Wildman–Crippen LogP) is 1.34. The molecule has 2 aliphatic heterocycles. The molecule has 0 spiro atoms. The molecule has 2 amide bonds. The highest BCUT2D eigenvalue weighted by atomic mass is 16.5. The molecule has 94 valence electrons. The second kappa shape index (κ2) is 4.41. The smallest absolute Gasteiger partial charge is 0.233 e. The highest BCUT2D eigenvalue weighted by molar-refractivity contribution is 6.05. The van der Waals surface area contributed by atoms with Gasteiger partial charge in [0.05, 0.1) is 24.5 Å². The van der Waals surface area contributed by atoms with Crippen LogP contribution >= 0.6 is 0 Å². The lowest BCUT2D eigenvalue weighted by Gasteiger charge is -2.19. The lowest BCUT2D eigenvalue weighted by molar-refractivity contribution is -0.141. The zero-order chi connectivity index (χ0) is 11.8. The van der Waals surface area contributed by atoms with Gasteiger partial charge in [-0.25, -0.2) is 0 Å². The van der Waals surface area contributed by atoms with Crippen molar-refractivity contribution in [2.75, 3.05) is 13.2 Å². The van der Waals surface area contributed by atoms with Crippen molar-refractivity contribution in [3.8, 4) is 0 Å². The monoisotopic (exact) mass is 237 g/mol. The Balaban J connectivity index is 1.71. The van der Waals surface area contributed by atoms with Gasteiger partial charge < -0.3 is 4.74 Å². The number of carbonyl (C=O) groups excluding carboxylic acids is 2. The van der Waals surface area contributed by atoms with E-state index >= 15 is 0 Å². The molecule has 0 bridgehead atoms. The summed E-state index contributed by atoms with van der Waals surface area (Å²) in [6.07, 6.45) is 6.10. The summed E-state index contributed by atoms with van der Waals surface area (Å²) in [5.41, 5.74) is 0. The summed E-state index contributed by atoms with van der Waals surface area (Å²) in [6.45, 7) is 1.26. The van der Waals surface area contributed by atoms with Crippen LogP contribution in [0.1, 0.15) is 38.5 Å². The van der Waals surface area contributed by atoms with Gasteiger partial charge in [-0.1, -0.05) is 12.8 Å². The largest absolute Gasteiger partial charge is 0.376 e. The molecule has 2 heterocycles.